The highest BCUT2D eigenvalue weighted by Crippen LogP contribution is 2.50. The van der Waals surface area contributed by atoms with E-state index in [0.717, 1.165) is 6.07 Å². The smallest absolute Gasteiger partial charge is 0.487 e. The average molecular weight is 409 g/mol. The van der Waals surface area contributed by atoms with E-state index in [1.807, 2.05) is 0 Å². The third kappa shape index (κ3) is 3.36. The van der Waals surface area contributed by atoms with Gasteiger partial charge in [-0.3, -0.25) is 4.98 Å². The Morgan fingerprint density at radius 3 is 2.52 bits per heavy atom. The highest BCUT2D eigenvalue weighted by Gasteiger charge is 2.55. The third-order valence-corrected chi connectivity index (χ3v) is 5.60. The normalized spacial score (nSPS) is 19.0. The van der Waals surface area contributed by atoms with Crippen molar-refractivity contribution in [3.05, 3.63) is 53.3 Å². The predicted octanol–water partition coefficient (Wildman–Crippen LogP) is 3.18. The lowest BCUT2D eigenvalue weighted by atomic mass is 10.1. The van der Waals surface area contributed by atoms with E-state index in [0.29, 0.717) is 11.8 Å². The van der Waals surface area contributed by atoms with Crippen LogP contribution in [0.5, 0.6) is 5.75 Å². The van der Waals surface area contributed by atoms with Gasteiger partial charge in [0.1, 0.15) is 18.5 Å². The van der Waals surface area contributed by atoms with Crippen LogP contribution in [0.15, 0.2) is 41.4 Å². The number of nitrogens with zero attached hydrogens (tertiary/aromatic N) is 1. The number of aliphatic hydroxyl groups is 1. The van der Waals surface area contributed by atoms with E-state index in [4.69, 9.17) is 4.74 Å². The second kappa shape index (κ2) is 6.41. The minimum atomic E-state index is -5.93. The van der Waals surface area contributed by atoms with Gasteiger partial charge >= 0.3 is 5.51 Å². The molecule has 0 radical (unpaired) electrons. The monoisotopic (exact) mass is 409 g/mol. The molecule has 5 nitrogen and oxygen atoms in total. The number of hydrogen-bond donors (Lipinski definition) is 1. The van der Waals surface area contributed by atoms with E-state index < -0.39 is 49.8 Å². The van der Waals surface area contributed by atoms with E-state index in [9.17, 15) is 35.5 Å². The van der Waals surface area contributed by atoms with Gasteiger partial charge in [-0.05, 0) is 24.3 Å². The van der Waals surface area contributed by atoms with E-state index in [1.165, 1.54) is 6.20 Å². The lowest BCUT2D eigenvalue weighted by Gasteiger charge is -2.17. The summed E-state index contributed by atoms with van der Waals surface area (Å²) in [6.45, 7) is -0.180. The highest BCUT2D eigenvalue weighted by molar-refractivity contribution is 7.92. The molecular weight excluding hydrogens is 397 g/mol. The van der Waals surface area contributed by atoms with Crippen molar-refractivity contribution in [1.82, 2.24) is 4.98 Å². The molecule has 0 aliphatic heterocycles. The summed E-state index contributed by atoms with van der Waals surface area (Å²) in [7, 11) is -5.93. The maximum Gasteiger partial charge on any atom is 0.501 e. The zero-order chi connectivity index (χ0) is 20.0. The number of aromatic nitrogens is 1. The van der Waals surface area contributed by atoms with Crippen molar-refractivity contribution >= 4 is 9.84 Å². The molecule has 0 bridgehead atoms. The second-order valence-electron chi connectivity index (χ2n) is 5.85. The number of ether oxygens (including phenoxy) is 1. The Kier molecular flexibility index (Phi) is 4.63. The molecule has 0 saturated heterocycles. The Bertz CT molecular complexity index is 961. The Morgan fingerprint density at radius 2 is 1.93 bits per heavy atom. The quantitative estimate of drug-likeness (QED) is 0.785. The average Bonchev–Trinajstić information content (AvgIpc) is 2.83. The van der Waals surface area contributed by atoms with E-state index in [-0.39, 0.29) is 12.4 Å². The number of rotatable bonds is 4. The number of pyridine rings is 1. The van der Waals surface area contributed by atoms with Crippen LogP contribution in [0.1, 0.15) is 22.9 Å². The van der Waals surface area contributed by atoms with Gasteiger partial charge in [-0.1, -0.05) is 6.07 Å². The molecule has 3 rings (SSSR count). The number of fused-ring (bicyclic) bond motifs is 1. The second-order valence-corrected chi connectivity index (χ2v) is 7.76. The zero-order valence-electron chi connectivity index (χ0n) is 13.4. The van der Waals surface area contributed by atoms with E-state index >= 15 is 0 Å². The van der Waals surface area contributed by atoms with Gasteiger partial charge < -0.3 is 9.84 Å². The molecule has 0 fully saturated rings. The Balaban J connectivity index is 2.07. The minimum Gasteiger partial charge on any atom is -0.487 e. The SMILES string of the molecule is O=S(=O)(c1ccc(OCc2ccccn2)c2c1C(O)C(F)(F)C2)C(F)(F)F. The van der Waals surface area contributed by atoms with Crippen molar-refractivity contribution < 1.29 is 40.2 Å². The topological polar surface area (TPSA) is 76.5 Å². The lowest BCUT2D eigenvalue weighted by molar-refractivity contribution is -0.0978. The first-order chi connectivity index (χ1) is 12.4. The van der Waals surface area contributed by atoms with E-state index in [2.05, 4.69) is 4.98 Å². The molecular formula is C16H12F5NO4S. The van der Waals surface area contributed by atoms with Gasteiger partial charge in [0.2, 0.25) is 0 Å². The first-order valence-electron chi connectivity index (χ1n) is 7.51. The van der Waals surface area contributed by atoms with Crippen molar-refractivity contribution in [3.63, 3.8) is 0 Å². The molecule has 1 unspecified atom stereocenters. The van der Waals surface area contributed by atoms with Crippen LogP contribution in [0.25, 0.3) is 0 Å². The van der Waals surface area contributed by atoms with Crippen LogP contribution in [0.4, 0.5) is 22.0 Å². The summed E-state index contributed by atoms with van der Waals surface area (Å²) in [6.07, 6.45) is -2.39. The molecule has 1 heterocycles. The molecule has 27 heavy (non-hydrogen) atoms. The molecule has 11 heteroatoms. The Labute approximate surface area is 150 Å². The highest BCUT2D eigenvalue weighted by atomic mass is 32.2. The van der Waals surface area contributed by atoms with E-state index in [1.54, 1.807) is 18.2 Å². The minimum absolute atomic E-state index is 0.180. The van der Waals surface area contributed by atoms with Crippen molar-refractivity contribution in [1.29, 1.82) is 0 Å². The molecule has 0 amide bonds. The molecule has 146 valence electrons. The molecule has 1 aliphatic rings. The van der Waals surface area contributed by atoms with Gasteiger partial charge in [0.15, 0.2) is 0 Å². The van der Waals surface area contributed by atoms with Crippen LogP contribution in [-0.2, 0) is 22.9 Å². The van der Waals surface area contributed by atoms with Crippen LogP contribution in [-0.4, -0.2) is 29.9 Å². The fraction of sp³-hybridized carbons (Fsp3) is 0.312. The molecule has 1 N–H and O–H groups in total. The Hall–Kier alpha value is -2.27. The summed E-state index contributed by atoms with van der Waals surface area (Å²) in [5, 5.41) is 9.78. The Morgan fingerprint density at radius 1 is 1.22 bits per heavy atom. The van der Waals surface area contributed by atoms with Crippen molar-refractivity contribution in [2.45, 2.75) is 35.5 Å². The molecule has 1 aliphatic carbocycles. The fourth-order valence-corrected chi connectivity index (χ4v) is 3.80. The van der Waals surface area contributed by atoms with Crippen LogP contribution in [0.3, 0.4) is 0 Å². The molecule has 1 aromatic heterocycles. The van der Waals surface area contributed by atoms with Crippen molar-refractivity contribution in [2.24, 2.45) is 0 Å². The van der Waals surface area contributed by atoms with Crippen molar-refractivity contribution in [3.8, 4) is 5.75 Å². The molecule has 2 aromatic rings. The summed E-state index contributed by atoms with van der Waals surface area (Å²) in [5.41, 5.74) is -6.75. The van der Waals surface area contributed by atoms with Gasteiger partial charge in [0.25, 0.3) is 15.8 Å². The van der Waals surface area contributed by atoms with Crippen molar-refractivity contribution in [2.75, 3.05) is 0 Å². The summed E-state index contributed by atoms with van der Waals surface area (Å²) < 4.78 is 95.3. The van der Waals surface area contributed by atoms with Gasteiger partial charge in [-0.25, -0.2) is 17.2 Å². The van der Waals surface area contributed by atoms with Gasteiger partial charge in [-0.15, -0.1) is 0 Å². The number of hydrogen-bond acceptors (Lipinski definition) is 5. The predicted molar refractivity (Wildman–Crippen MR) is 81.9 cm³/mol. The van der Waals surface area contributed by atoms with Crippen LogP contribution < -0.4 is 4.74 Å². The molecule has 0 saturated carbocycles. The zero-order valence-corrected chi connectivity index (χ0v) is 14.2. The summed E-state index contributed by atoms with van der Waals surface area (Å²) in [4.78, 5) is 2.55. The van der Waals surface area contributed by atoms with Gasteiger partial charge in [0, 0.05) is 23.7 Å². The number of aliphatic hydroxyl groups excluding tert-OH is 1. The van der Waals surface area contributed by atoms with Crippen LogP contribution >= 0.6 is 0 Å². The largest absolute Gasteiger partial charge is 0.501 e. The maximum atomic E-state index is 13.9. The molecule has 1 atom stereocenters. The van der Waals surface area contributed by atoms with Crippen LogP contribution in [0, 0.1) is 0 Å². The summed E-state index contributed by atoms with van der Waals surface area (Å²) >= 11 is 0. The summed E-state index contributed by atoms with van der Waals surface area (Å²) in [6, 6.07) is 6.24. The summed E-state index contributed by atoms with van der Waals surface area (Å²) in [5.74, 6) is -4.07. The number of alkyl halides is 5. The maximum absolute atomic E-state index is 13.9. The number of halogens is 5. The molecule has 0 spiro atoms. The fourth-order valence-electron chi connectivity index (χ4n) is 2.78. The van der Waals surface area contributed by atoms with Gasteiger partial charge in [-0.2, -0.15) is 13.2 Å². The lowest BCUT2D eigenvalue weighted by Crippen LogP contribution is -2.26. The first-order valence-corrected chi connectivity index (χ1v) is 8.99. The first kappa shape index (κ1) is 19.5. The molecule has 1 aromatic carbocycles. The third-order valence-electron chi connectivity index (χ3n) is 4.06. The van der Waals surface area contributed by atoms with Crippen LogP contribution in [0.2, 0.25) is 0 Å². The number of sulfone groups is 1. The van der Waals surface area contributed by atoms with Gasteiger partial charge in [0.05, 0.1) is 10.6 Å². The standard InChI is InChI=1S/C16H12F5NO4S/c17-15(18)7-10-11(26-8-9-3-1-2-6-22-9)4-5-12(13(10)14(15)23)27(24,25)16(19,20)21/h1-6,14,23H,7-8H2. The number of benzene rings is 1.